The largest absolute Gasteiger partial charge is 0.460 e. The smallest absolute Gasteiger partial charge is 0.330 e. The molecule has 0 radical (unpaired) electrons. The van der Waals surface area contributed by atoms with Crippen molar-refractivity contribution in [1.82, 2.24) is 4.90 Å². The maximum atomic E-state index is 12.6. The van der Waals surface area contributed by atoms with Crippen molar-refractivity contribution in [2.45, 2.75) is 61.0 Å². The summed E-state index contributed by atoms with van der Waals surface area (Å²) < 4.78 is 2.83. The first-order valence-electron chi connectivity index (χ1n) is 7.92. The molecule has 0 aromatic rings. The quantitative estimate of drug-likeness (QED) is 0.387. The number of nitrogens with zero attached hydrogens (tertiary/aromatic N) is 1. The van der Waals surface area contributed by atoms with Gasteiger partial charge in [0.05, 0.1) is 11.3 Å². The van der Waals surface area contributed by atoms with Gasteiger partial charge in [-0.05, 0) is 13.8 Å². The van der Waals surface area contributed by atoms with Crippen LogP contribution in [0.5, 0.6) is 0 Å². The molecule has 2 aliphatic rings. The van der Waals surface area contributed by atoms with Gasteiger partial charge in [0.1, 0.15) is 18.4 Å². The van der Waals surface area contributed by atoms with Crippen molar-refractivity contribution >= 4 is 64.2 Å². The average Bonchev–Trinajstić information content (AvgIpc) is 2.68. The minimum absolute atomic E-state index is 0.0335. The average molecular weight is 431 g/mol. The Bertz CT molecular complexity index is 597. The maximum Gasteiger partial charge on any atom is 0.330 e. The molecule has 0 N–H and O–H groups in total. The number of Topliss-reactive ketones (excluding diaryl/α,β-unsaturated/α-hetero) is 1. The molecule has 0 aromatic heterocycles. The Hall–Kier alpha value is -0.170. The van der Waals surface area contributed by atoms with Crippen LogP contribution < -0.4 is 0 Å². The highest BCUT2D eigenvalue weighted by atomic mass is 35.6. The molecule has 3 atom stereocenters. The number of β-lactam (4-membered cyclic amide) rings is 1. The molecular formula is C16H22Cl3NO4S. The Labute approximate surface area is 167 Å². The number of hydrogen-bond acceptors (Lipinski definition) is 5. The zero-order chi connectivity index (χ0) is 19.4. The number of ether oxygens (including phenoxy) is 1. The second kappa shape index (κ2) is 6.77. The molecule has 2 saturated heterocycles. The van der Waals surface area contributed by atoms with Crippen LogP contribution in [0.2, 0.25) is 0 Å². The van der Waals surface area contributed by atoms with Gasteiger partial charge in [-0.15, -0.1) is 11.8 Å². The van der Waals surface area contributed by atoms with E-state index in [1.807, 2.05) is 34.6 Å². The number of esters is 1. The fourth-order valence-corrected chi connectivity index (χ4v) is 4.84. The number of amides is 1. The van der Waals surface area contributed by atoms with Crippen LogP contribution in [-0.4, -0.2) is 49.1 Å². The third kappa shape index (κ3) is 4.40. The Balaban J connectivity index is 2.10. The molecule has 1 amide bonds. The lowest BCUT2D eigenvalue weighted by Crippen LogP contribution is -2.63. The monoisotopic (exact) mass is 429 g/mol. The van der Waals surface area contributed by atoms with Crippen molar-refractivity contribution in [2.75, 3.05) is 6.61 Å². The first-order valence-corrected chi connectivity index (χ1v) is 9.93. The second-order valence-electron chi connectivity index (χ2n) is 7.97. The summed E-state index contributed by atoms with van der Waals surface area (Å²) in [7, 11) is 0. The van der Waals surface area contributed by atoms with Crippen molar-refractivity contribution < 1.29 is 19.1 Å². The Morgan fingerprint density at radius 2 is 1.80 bits per heavy atom. The fourth-order valence-electron chi connectivity index (χ4n) is 3.00. The molecule has 9 heteroatoms. The molecule has 2 fully saturated rings. The molecule has 0 unspecified atom stereocenters. The van der Waals surface area contributed by atoms with Crippen LogP contribution in [0.15, 0.2) is 0 Å². The molecule has 0 saturated carbocycles. The number of alkyl halides is 3. The fraction of sp³-hybridized carbons (Fsp3) is 0.812. The molecule has 142 valence electrons. The van der Waals surface area contributed by atoms with Crippen LogP contribution in [0.3, 0.4) is 0 Å². The zero-order valence-corrected chi connectivity index (χ0v) is 17.9. The van der Waals surface area contributed by atoms with Gasteiger partial charge >= 0.3 is 5.97 Å². The summed E-state index contributed by atoms with van der Waals surface area (Å²) >= 11 is 18.4. The lowest BCUT2D eigenvalue weighted by molar-refractivity contribution is -0.167. The van der Waals surface area contributed by atoms with Gasteiger partial charge in [-0.2, -0.15) is 0 Å². The van der Waals surface area contributed by atoms with Gasteiger partial charge < -0.3 is 9.64 Å². The van der Waals surface area contributed by atoms with Gasteiger partial charge in [-0.1, -0.05) is 55.6 Å². The number of halogens is 3. The molecule has 0 bridgehead atoms. The Morgan fingerprint density at radius 1 is 1.24 bits per heavy atom. The summed E-state index contributed by atoms with van der Waals surface area (Å²) in [5, 5.41) is -0.209. The van der Waals surface area contributed by atoms with Crippen LogP contribution in [-0.2, 0) is 19.1 Å². The van der Waals surface area contributed by atoms with Crippen LogP contribution in [0.4, 0.5) is 0 Å². The molecule has 5 nitrogen and oxygen atoms in total. The lowest BCUT2D eigenvalue weighted by Gasteiger charge is -2.44. The summed E-state index contributed by atoms with van der Waals surface area (Å²) in [4.78, 5) is 38.8. The van der Waals surface area contributed by atoms with Crippen molar-refractivity contribution in [3.63, 3.8) is 0 Å². The van der Waals surface area contributed by atoms with Crippen LogP contribution in [0, 0.1) is 11.3 Å². The minimum atomic E-state index is -1.70. The van der Waals surface area contributed by atoms with Crippen molar-refractivity contribution in [1.29, 1.82) is 0 Å². The third-order valence-electron chi connectivity index (χ3n) is 4.39. The van der Waals surface area contributed by atoms with E-state index in [2.05, 4.69) is 0 Å². The van der Waals surface area contributed by atoms with Crippen molar-refractivity contribution in [3.8, 4) is 0 Å². The number of rotatable bonds is 4. The van der Waals surface area contributed by atoms with Crippen LogP contribution in [0.1, 0.15) is 41.0 Å². The number of ketones is 1. The first-order chi connectivity index (χ1) is 11.1. The highest BCUT2D eigenvalue weighted by Crippen LogP contribution is 2.54. The molecule has 2 aliphatic heterocycles. The van der Waals surface area contributed by atoms with E-state index >= 15 is 0 Å². The standard InChI is InChI=1S/C16H22Cl3NO4S/c1-14(2,3)9(21)6-8-11(22)20-10(15(4,5)25-12(8)20)13(23)24-7-16(17,18)19/h8,10,12H,6-7H2,1-5H3/t8-,10+,12-/m1/s1. The van der Waals surface area contributed by atoms with Gasteiger partial charge in [0, 0.05) is 16.6 Å². The van der Waals surface area contributed by atoms with Gasteiger partial charge in [0.2, 0.25) is 9.70 Å². The highest BCUT2D eigenvalue weighted by Gasteiger charge is 2.64. The van der Waals surface area contributed by atoms with Crippen LogP contribution in [0.25, 0.3) is 0 Å². The summed E-state index contributed by atoms with van der Waals surface area (Å²) in [6.07, 6.45) is 0.183. The molecule has 0 aromatic carbocycles. The van der Waals surface area contributed by atoms with Crippen LogP contribution >= 0.6 is 46.6 Å². The second-order valence-corrected chi connectivity index (χ2v) is 12.3. The zero-order valence-electron chi connectivity index (χ0n) is 14.8. The van der Waals surface area contributed by atoms with Gasteiger partial charge in [0.25, 0.3) is 0 Å². The Kier molecular flexibility index (Phi) is 5.72. The van der Waals surface area contributed by atoms with Gasteiger partial charge in [-0.25, -0.2) is 4.79 Å². The number of fused-ring (bicyclic) bond motifs is 1. The van der Waals surface area contributed by atoms with Gasteiger partial charge in [0.15, 0.2) is 0 Å². The molecule has 0 aliphatic carbocycles. The topological polar surface area (TPSA) is 63.7 Å². The molecule has 0 spiro atoms. The number of hydrogen-bond donors (Lipinski definition) is 0. The summed E-state index contributed by atoms with van der Waals surface area (Å²) in [5.41, 5.74) is -0.498. The summed E-state index contributed by atoms with van der Waals surface area (Å²) in [5.74, 6) is -1.16. The number of carbonyl (C=O) groups excluding carboxylic acids is 3. The normalized spacial score (nSPS) is 28.4. The molecule has 2 rings (SSSR count). The predicted octanol–water partition coefficient (Wildman–Crippen LogP) is 3.58. The van der Waals surface area contributed by atoms with Crippen molar-refractivity contribution in [2.24, 2.45) is 11.3 Å². The van der Waals surface area contributed by atoms with Gasteiger partial charge in [-0.3, -0.25) is 9.59 Å². The van der Waals surface area contributed by atoms with E-state index in [0.717, 1.165) is 0 Å². The van der Waals surface area contributed by atoms with Crippen molar-refractivity contribution in [3.05, 3.63) is 0 Å². The summed E-state index contributed by atoms with van der Waals surface area (Å²) in [6.45, 7) is 8.85. The van der Waals surface area contributed by atoms with E-state index in [1.54, 1.807) is 0 Å². The Morgan fingerprint density at radius 3 is 2.28 bits per heavy atom. The van der Waals surface area contributed by atoms with E-state index in [1.165, 1.54) is 16.7 Å². The van der Waals surface area contributed by atoms with E-state index in [4.69, 9.17) is 39.5 Å². The first kappa shape index (κ1) is 21.1. The SMILES string of the molecule is CC(C)(C)C(=O)C[C@@H]1C(=O)N2[C@@H]1SC(C)(C)[C@@H]2C(=O)OCC(Cl)(Cl)Cl. The molecule has 2 heterocycles. The molecule has 25 heavy (non-hydrogen) atoms. The maximum absolute atomic E-state index is 12.6. The van der Waals surface area contributed by atoms with E-state index in [9.17, 15) is 14.4 Å². The number of thioether (sulfide) groups is 1. The lowest BCUT2D eigenvalue weighted by atomic mass is 9.81. The van der Waals surface area contributed by atoms with E-state index < -0.39 is 31.9 Å². The predicted molar refractivity (Wildman–Crippen MR) is 99.9 cm³/mol. The molecular weight excluding hydrogens is 409 g/mol. The highest BCUT2D eigenvalue weighted by molar-refractivity contribution is 8.01. The number of carbonyl (C=O) groups is 3. The minimum Gasteiger partial charge on any atom is -0.460 e. The third-order valence-corrected chi connectivity index (χ3v) is 6.35. The van der Waals surface area contributed by atoms with E-state index in [0.29, 0.717) is 0 Å². The summed E-state index contributed by atoms with van der Waals surface area (Å²) in [6, 6.07) is -0.761. The van der Waals surface area contributed by atoms with E-state index in [-0.39, 0.29) is 30.1 Å².